The molecule has 2 aliphatic heterocycles. The number of likely N-dealkylation sites (tertiary alicyclic amines) is 1. The van der Waals surface area contributed by atoms with Gasteiger partial charge >= 0.3 is 0 Å². The van der Waals surface area contributed by atoms with Crippen molar-refractivity contribution in [3.8, 4) is 0 Å². The third-order valence-electron chi connectivity index (χ3n) is 7.82. The third kappa shape index (κ3) is 8.56. The standard InChI is InChI=1S/C30H48N4O3/c1-22(2)11-15-32(5)28(35)21-25-12-16-33(17-13-25)30(37)27(20-24-9-7-6-8-10-24)34-18-14-31-26(29(34)36)19-23(3)4/h6-10,22-23,25-27,31H,11-21H2,1-5H3. The normalized spacial score (nSPS) is 20.0. The Balaban J connectivity index is 1.64. The Hall–Kier alpha value is -2.41. The maximum Gasteiger partial charge on any atom is 0.245 e. The smallest absolute Gasteiger partial charge is 0.245 e. The van der Waals surface area contributed by atoms with Crippen LogP contribution in [0.2, 0.25) is 0 Å². The molecule has 0 bridgehead atoms. The van der Waals surface area contributed by atoms with Gasteiger partial charge < -0.3 is 20.0 Å². The first-order chi connectivity index (χ1) is 17.7. The van der Waals surface area contributed by atoms with E-state index in [0.717, 1.165) is 37.8 Å². The largest absolute Gasteiger partial charge is 0.346 e. The van der Waals surface area contributed by atoms with Gasteiger partial charge in [0.1, 0.15) is 6.04 Å². The number of piperidine rings is 1. The molecule has 7 nitrogen and oxygen atoms in total. The van der Waals surface area contributed by atoms with Gasteiger partial charge in [0.05, 0.1) is 6.04 Å². The lowest BCUT2D eigenvalue weighted by atomic mass is 9.91. The highest BCUT2D eigenvalue weighted by molar-refractivity contribution is 5.90. The van der Waals surface area contributed by atoms with Crippen LogP contribution in [0.15, 0.2) is 30.3 Å². The summed E-state index contributed by atoms with van der Waals surface area (Å²) in [4.78, 5) is 45.7. The van der Waals surface area contributed by atoms with E-state index >= 15 is 0 Å². The number of nitrogens with one attached hydrogen (secondary N) is 1. The van der Waals surface area contributed by atoms with Crippen molar-refractivity contribution in [1.82, 2.24) is 20.0 Å². The van der Waals surface area contributed by atoms with Gasteiger partial charge in [-0.25, -0.2) is 0 Å². The second kappa shape index (κ2) is 13.9. The molecule has 2 atom stereocenters. The number of hydrogen-bond donors (Lipinski definition) is 1. The monoisotopic (exact) mass is 512 g/mol. The first kappa shape index (κ1) is 29.2. The van der Waals surface area contributed by atoms with Crippen LogP contribution in [0.4, 0.5) is 0 Å². The van der Waals surface area contributed by atoms with Crippen molar-refractivity contribution in [2.45, 2.75) is 78.3 Å². The summed E-state index contributed by atoms with van der Waals surface area (Å²) < 4.78 is 0. The Labute approximate surface area is 223 Å². The van der Waals surface area contributed by atoms with E-state index < -0.39 is 6.04 Å². The van der Waals surface area contributed by atoms with Gasteiger partial charge in [0.2, 0.25) is 17.7 Å². The highest BCUT2D eigenvalue weighted by atomic mass is 16.2. The van der Waals surface area contributed by atoms with E-state index in [-0.39, 0.29) is 23.8 Å². The molecule has 2 saturated heterocycles. The summed E-state index contributed by atoms with van der Waals surface area (Å²) >= 11 is 0. The number of hydrogen-bond acceptors (Lipinski definition) is 4. The molecule has 1 aromatic rings. The predicted octanol–water partition coefficient (Wildman–Crippen LogP) is 3.58. The summed E-state index contributed by atoms with van der Waals surface area (Å²) in [6.45, 7) is 11.9. The van der Waals surface area contributed by atoms with Crippen molar-refractivity contribution in [2.24, 2.45) is 17.8 Å². The Bertz CT molecular complexity index is 880. The molecule has 0 aromatic heterocycles. The van der Waals surface area contributed by atoms with Crippen molar-refractivity contribution in [3.05, 3.63) is 35.9 Å². The Morgan fingerprint density at radius 2 is 1.70 bits per heavy atom. The molecule has 0 radical (unpaired) electrons. The lowest BCUT2D eigenvalue weighted by Gasteiger charge is -2.41. The zero-order valence-electron chi connectivity index (χ0n) is 23.6. The molecule has 37 heavy (non-hydrogen) atoms. The number of rotatable bonds is 11. The highest BCUT2D eigenvalue weighted by Gasteiger charge is 2.39. The van der Waals surface area contributed by atoms with Crippen LogP contribution in [0, 0.1) is 17.8 Å². The van der Waals surface area contributed by atoms with Crippen molar-refractivity contribution in [3.63, 3.8) is 0 Å². The molecule has 2 aliphatic rings. The molecule has 0 aliphatic carbocycles. The maximum atomic E-state index is 13.9. The van der Waals surface area contributed by atoms with Crippen molar-refractivity contribution < 1.29 is 14.4 Å². The first-order valence-corrected chi connectivity index (χ1v) is 14.3. The predicted molar refractivity (Wildman–Crippen MR) is 148 cm³/mol. The van der Waals surface area contributed by atoms with Crippen molar-refractivity contribution in [1.29, 1.82) is 0 Å². The molecule has 2 fully saturated rings. The van der Waals surface area contributed by atoms with Crippen LogP contribution in [0.3, 0.4) is 0 Å². The van der Waals surface area contributed by atoms with Crippen LogP contribution in [0.5, 0.6) is 0 Å². The number of amides is 3. The van der Waals surface area contributed by atoms with Crippen molar-refractivity contribution in [2.75, 3.05) is 39.8 Å². The Morgan fingerprint density at radius 1 is 1.03 bits per heavy atom. The second-order valence-electron chi connectivity index (χ2n) is 11.8. The quantitative estimate of drug-likeness (QED) is 0.492. The molecule has 2 heterocycles. The van der Waals surface area contributed by atoms with E-state index in [9.17, 15) is 14.4 Å². The van der Waals surface area contributed by atoms with E-state index in [1.165, 1.54) is 0 Å². The summed E-state index contributed by atoms with van der Waals surface area (Å²) in [7, 11) is 1.90. The molecule has 1 aromatic carbocycles. The number of piperazine rings is 1. The zero-order valence-corrected chi connectivity index (χ0v) is 23.6. The van der Waals surface area contributed by atoms with Gasteiger partial charge in [0.25, 0.3) is 0 Å². The molecular formula is C30H48N4O3. The maximum absolute atomic E-state index is 13.9. The van der Waals surface area contributed by atoms with E-state index in [2.05, 4.69) is 33.0 Å². The molecule has 7 heteroatoms. The molecule has 206 valence electrons. The van der Waals surface area contributed by atoms with Crippen LogP contribution in [0.25, 0.3) is 0 Å². The fourth-order valence-electron chi connectivity index (χ4n) is 5.44. The van der Waals surface area contributed by atoms with Gasteiger partial charge in [-0.05, 0) is 49.0 Å². The number of benzene rings is 1. The summed E-state index contributed by atoms with van der Waals surface area (Å²) in [6, 6.07) is 9.29. The fourth-order valence-corrected chi connectivity index (χ4v) is 5.44. The topological polar surface area (TPSA) is 73.0 Å². The SMILES string of the molecule is CC(C)CCN(C)C(=O)CC1CCN(C(=O)C(Cc2ccccc2)N2CCNC(CC(C)C)C2=O)CC1. The molecule has 0 spiro atoms. The number of nitrogens with zero attached hydrogens (tertiary/aromatic N) is 3. The summed E-state index contributed by atoms with van der Waals surface area (Å²) in [6.07, 6.45) is 4.53. The Morgan fingerprint density at radius 3 is 2.32 bits per heavy atom. The van der Waals surface area contributed by atoms with E-state index in [0.29, 0.717) is 56.8 Å². The molecule has 2 unspecified atom stereocenters. The van der Waals surface area contributed by atoms with Gasteiger partial charge in [-0.2, -0.15) is 0 Å². The van der Waals surface area contributed by atoms with Gasteiger partial charge in [0.15, 0.2) is 0 Å². The average molecular weight is 513 g/mol. The lowest BCUT2D eigenvalue weighted by Crippen LogP contribution is -2.62. The lowest BCUT2D eigenvalue weighted by molar-refractivity contribution is -0.149. The minimum absolute atomic E-state index is 0.0409. The van der Waals surface area contributed by atoms with E-state index in [1.54, 1.807) is 0 Å². The van der Waals surface area contributed by atoms with E-state index in [4.69, 9.17) is 0 Å². The number of carbonyl (C=O) groups is 3. The van der Waals surface area contributed by atoms with Crippen LogP contribution in [-0.4, -0.2) is 84.3 Å². The zero-order chi connectivity index (χ0) is 26.9. The molecule has 3 rings (SSSR count). The molecule has 1 N–H and O–H groups in total. The minimum Gasteiger partial charge on any atom is -0.346 e. The third-order valence-corrected chi connectivity index (χ3v) is 7.82. The Kier molecular flexibility index (Phi) is 11.0. The minimum atomic E-state index is -0.494. The van der Waals surface area contributed by atoms with Crippen LogP contribution >= 0.6 is 0 Å². The second-order valence-corrected chi connectivity index (χ2v) is 11.8. The van der Waals surface area contributed by atoms with Crippen molar-refractivity contribution >= 4 is 17.7 Å². The van der Waals surface area contributed by atoms with Gasteiger partial charge in [-0.15, -0.1) is 0 Å². The van der Waals surface area contributed by atoms with Crippen LogP contribution in [-0.2, 0) is 20.8 Å². The van der Waals surface area contributed by atoms with Crippen LogP contribution < -0.4 is 5.32 Å². The first-order valence-electron chi connectivity index (χ1n) is 14.3. The molecule has 3 amide bonds. The average Bonchev–Trinajstić information content (AvgIpc) is 2.87. The van der Waals surface area contributed by atoms with Crippen LogP contribution in [0.1, 0.15) is 65.4 Å². The fraction of sp³-hybridized carbons (Fsp3) is 0.700. The van der Waals surface area contributed by atoms with Gasteiger partial charge in [-0.1, -0.05) is 58.0 Å². The molecule has 0 saturated carbocycles. The summed E-state index contributed by atoms with van der Waals surface area (Å²) in [5.41, 5.74) is 1.07. The van der Waals surface area contributed by atoms with Gasteiger partial charge in [-0.3, -0.25) is 14.4 Å². The van der Waals surface area contributed by atoms with E-state index in [1.807, 2.05) is 52.1 Å². The molecular weight excluding hydrogens is 464 g/mol. The highest BCUT2D eigenvalue weighted by Crippen LogP contribution is 2.24. The van der Waals surface area contributed by atoms with Gasteiger partial charge in [0, 0.05) is 52.6 Å². The summed E-state index contributed by atoms with van der Waals surface area (Å²) in [5.74, 6) is 1.57. The number of carbonyl (C=O) groups excluding carboxylic acids is 3. The summed E-state index contributed by atoms with van der Waals surface area (Å²) in [5, 5.41) is 3.36.